The molecule has 26 heavy (non-hydrogen) atoms. The Morgan fingerprint density at radius 3 is 2.88 bits per heavy atom. The molecule has 0 aliphatic carbocycles. The molecule has 0 atom stereocenters. The third-order valence-electron chi connectivity index (χ3n) is 4.45. The van der Waals surface area contributed by atoms with Crippen LogP contribution < -0.4 is 15.4 Å². The lowest BCUT2D eigenvalue weighted by Gasteiger charge is -2.28. The van der Waals surface area contributed by atoms with Crippen LogP contribution >= 0.6 is 11.6 Å². The van der Waals surface area contributed by atoms with Gasteiger partial charge in [-0.15, -0.1) is 0 Å². The summed E-state index contributed by atoms with van der Waals surface area (Å²) in [5, 5.41) is 11.7. The van der Waals surface area contributed by atoms with Crippen LogP contribution in [-0.2, 0) is 0 Å². The van der Waals surface area contributed by atoms with Crippen molar-refractivity contribution in [2.24, 2.45) is 0 Å². The highest BCUT2D eigenvalue weighted by Crippen LogP contribution is 2.40. The van der Waals surface area contributed by atoms with Crippen molar-refractivity contribution in [1.29, 1.82) is 0 Å². The third-order valence-corrected chi connectivity index (χ3v) is 4.76. The number of aromatic nitrogens is 2. The highest BCUT2D eigenvalue weighted by molar-refractivity contribution is 6.36. The van der Waals surface area contributed by atoms with Gasteiger partial charge in [-0.3, -0.25) is 4.90 Å². The van der Waals surface area contributed by atoms with Gasteiger partial charge >= 0.3 is 6.09 Å². The molecule has 7 nitrogen and oxygen atoms in total. The minimum atomic E-state index is -1.04. The monoisotopic (exact) mass is 370 g/mol. The number of pyridine rings is 2. The average molecular weight is 371 g/mol. The Bertz CT molecular complexity index is 1050. The second-order valence-corrected chi connectivity index (χ2v) is 6.43. The number of carbonyl (C=O) groups is 1. The molecule has 4 rings (SSSR count). The second kappa shape index (κ2) is 6.03. The summed E-state index contributed by atoms with van der Waals surface area (Å²) in [6.45, 7) is 2.38. The fraction of sp³-hybridized carbons (Fsp3) is 0.167. The first-order valence-corrected chi connectivity index (χ1v) is 8.31. The second-order valence-electron chi connectivity index (χ2n) is 6.02. The van der Waals surface area contributed by atoms with Crippen molar-refractivity contribution >= 4 is 40.0 Å². The van der Waals surface area contributed by atoms with Crippen LogP contribution in [0.4, 0.5) is 16.3 Å². The molecule has 0 spiro atoms. The van der Waals surface area contributed by atoms with Crippen LogP contribution in [0.2, 0.25) is 5.02 Å². The maximum absolute atomic E-state index is 11.6. The number of halogens is 1. The predicted molar refractivity (Wildman–Crippen MR) is 100.0 cm³/mol. The van der Waals surface area contributed by atoms with Gasteiger partial charge in [-0.1, -0.05) is 11.6 Å². The maximum Gasteiger partial charge on any atom is 0.412 e. The Labute approximate surface area is 154 Å². The number of rotatable bonds is 1. The Kier molecular flexibility index (Phi) is 3.81. The molecule has 1 aliphatic rings. The molecule has 1 amide bonds. The Hall–Kier alpha value is -3.06. The van der Waals surface area contributed by atoms with E-state index >= 15 is 0 Å². The topological polar surface area (TPSA) is 102 Å². The van der Waals surface area contributed by atoms with E-state index in [2.05, 4.69) is 9.97 Å². The smallest absolute Gasteiger partial charge is 0.412 e. The molecule has 1 aliphatic heterocycles. The number of nitrogen functional groups attached to an aromatic ring is 1. The van der Waals surface area contributed by atoms with Gasteiger partial charge in [0, 0.05) is 23.3 Å². The molecule has 1 aromatic carbocycles. The van der Waals surface area contributed by atoms with Crippen LogP contribution in [0.1, 0.15) is 5.56 Å². The molecule has 2 aromatic heterocycles. The van der Waals surface area contributed by atoms with Crippen LogP contribution in [0, 0.1) is 6.92 Å². The van der Waals surface area contributed by atoms with Crippen molar-refractivity contribution in [3.63, 3.8) is 0 Å². The minimum absolute atomic E-state index is 0.259. The number of hydrogen-bond acceptors (Lipinski definition) is 5. The van der Waals surface area contributed by atoms with Crippen LogP contribution in [0.5, 0.6) is 5.88 Å². The molecule has 3 N–H and O–H groups in total. The molecule has 0 saturated heterocycles. The lowest BCUT2D eigenvalue weighted by Crippen LogP contribution is -2.37. The average Bonchev–Trinajstić information content (AvgIpc) is 2.61. The first-order valence-electron chi connectivity index (χ1n) is 7.93. The lowest BCUT2D eigenvalue weighted by molar-refractivity contribution is 0.196. The van der Waals surface area contributed by atoms with E-state index in [1.807, 2.05) is 19.1 Å². The maximum atomic E-state index is 11.6. The van der Waals surface area contributed by atoms with Gasteiger partial charge in [-0.05, 0) is 41.6 Å². The van der Waals surface area contributed by atoms with E-state index in [1.54, 1.807) is 18.5 Å². The van der Waals surface area contributed by atoms with E-state index in [1.165, 1.54) is 4.90 Å². The number of anilines is 2. The molecule has 8 heteroatoms. The number of fused-ring (bicyclic) bond motifs is 2. The molecule has 132 valence electrons. The van der Waals surface area contributed by atoms with Gasteiger partial charge in [0.05, 0.1) is 11.6 Å². The fourth-order valence-electron chi connectivity index (χ4n) is 3.21. The summed E-state index contributed by atoms with van der Waals surface area (Å²) in [5.74, 6) is 0.719. The number of benzene rings is 1. The van der Waals surface area contributed by atoms with E-state index in [0.717, 1.165) is 27.5 Å². The van der Waals surface area contributed by atoms with Crippen LogP contribution in [-0.4, -0.2) is 34.3 Å². The molecule has 3 aromatic rings. The minimum Gasteiger partial charge on any atom is -0.474 e. The standard InChI is InChI=1S/C18H15ClN4O3/c1-9-12(7-22-17-16(9)23(18(24)25)2-3-26-17)10-4-11-6-15(20)21-8-13(11)14(19)5-10/h4-8H,2-3H2,1H3,(H2,20,21)(H,24,25). The summed E-state index contributed by atoms with van der Waals surface area (Å²) in [7, 11) is 0. The molecule has 0 saturated carbocycles. The van der Waals surface area contributed by atoms with E-state index in [4.69, 9.17) is 22.1 Å². The van der Waals surface area contributed by atoms with E-state index in [0.29, 0.717) is 22.4 Å². The van der Waals surface area contributed by atoms with Crippen LogP contribution in [0.15, 0.2) is 30.6 Å². The van der Waals surface area contributed by atoms with Gasteiger partial charge in [0.25, 0.3) is 0 Å². The van der Waals surface area contributed by atoms with E-state index in [9.17, 15) is 9.90 Å². The molecule has 0 radical (unpaired) electrons. The van der Waals surface area contributed by atoms with Gasteiger partial charge in [0.15, 0.2) is 0 Å². The number of ether oxygens (including phenoxy) is 1. The SMILES string of the molecule is Cc1c(-c2cc(Cl)c3cnc(N)cc3c2)cnc2c1N(C(=O)O)CCO2. The van der Waals surface area contributed by atoms with Gasteiger partial charge in [0.1, 0.15) is 18.1 Å². The number of carboxylic acid groups (broad SMARTS) is 1. The van der Waals surface area contributed by atoms with Crippen molar-refractivity contribution in [2.75, 3.05) is 23.8 Å². The van der Waals surface area contributed by atoms with Crippen molar-refractivity contribution in [2.45, 2.75) is 6.92 Å². The molecular formula is C18H15ClN4O3. The summed E-state index contributed by atoms with van der Waals surface area (Å²) in [6.07, 6.45) is 2.27. The normalized spacial score (nSPS) is 13.4. The van der Waals surface area contributed by atoms with Crippen LogP contribution in [0.3, 0.4) is 0 Å². The quantitative estimate of drug-likeness (QED) is 0.677. The summed E-state index contributed by atoms with van der Waals surface area (Å²) < 4.78 is 5.52. The van der Waals surface area contributed by atoms with Gasteiger partial charge in [-0.25, -0.2) is 14.8 Å². The summed E-state index contributed by atoms with van der Waals surface area (Å²) in [6, 6.07) is 5.50. The van der Waals surface area contributed by atoms with Gasteiger partial charge in [-0.2, -0.15) is 0 Å². The lowest BCUT2D eigenvalue weighted by atomic mass is 9.98. The Morgan fingerprint density at radius 2 is 2.12 bits per heavy atom. The zero-order valence-corrected chi connectivity index (χ0v) is 14.6. The van der Waals surface area contributed by atoms with Crippen molar-refractivity contribution in [3.05, 3.63) is 41.2 Å². The highest BCUT2D eigenvalue weighted by Gasteiger charge is 2.28. The zero-order chi connectivity index (χ0) is 18.4. The molecule has 0 unspecified atom stereocenters. The zero-order valence-electron chi connectivity index (χ0n) is 13.9. The highest BCUT2D eigenvalue weighted by atomic mass is 35.5. The van der Waals surface area contributed by atoms with Crippen molar-refractivity contribution in [3.8, 4) is 17.0 Å². The number of nitrogens with zero attached hydrogens (tertiary/aromatic N) is 3. The molecule has 0 bridgehead atoms. The van der Waals surface area contributed by atoms with Gasteiger partial charge in [0.2, 0.25) is 5.88 Å². The Balaban J connectivity index is 1.93. The predicted octanol–water partition coefficient (Wildman–Crippen LogP) is 3.72. The van der Waals surface area contributed by atoms with Crippen LogP contribution in [0.25, 0.3) is 21.9 Å². The first-order chi connectivity index (χ1) is 12.5. The molecule has 3 heterocycles. The number of nitrogens with two attached hydrogens (primary N) is 1. The summed E-state index contributed by atoms with van der Waals surface area (Å²) in [5.41, 5.74) is 8.60. The third kappa shape index (κ3) is 2.57. The largest absolute Gasteiger partial charge is 0.474 e. The van der Waals surface area contributed by atoms with Crippen molar-refractivity contribution < 1.29 is 14.6 Å². The molecule has 0 fully saturated rings. The number of amides is 1. The van der Waals surface area contributed by atoms with Crippen molar-refractivity contribution in [1.82, 2.24) is 9.97 Å². The first kappa shape index (κ1) is 16.4. The summed E-state index contributed by atoms with van der Waals surface area (Å²) in [4.78, 5) is 21.2. The fourth-order valence-corrected chi connectivity index (χ4v) is 3.48. The van der Waals surface area contributed by atoms with E-state index in [-0.39, 0.29) is 13.2 Å². The van der Waals surface area contributed by atoms with Gasteiger partial charge < -0.3 is 15.6 Å². The van der Waals surface area contributed by atoms with E-state index < -0.39 is 6.09 Å². The summed E-state index contributed by atoms with van der Waals surface area (Å²) >= 11 is 6.41. The molecular weight excluding hydrogens is 356 g/mol. The Morgan fingerprint density at radius 1 is 1.31 bits per heavy atom. The number of hydrogen-bond donors (Lipinski definition) is 2.